The highest BCUT2D eigenvalue weighted by Gasteiger charge is 2.09. The summed E-state index contributed by atoms with van der Waals surface area (Å²) in [5, 5.41) is 2.70. The number of hydrogen-bond acceptors (Lipinski definition) is 4. The van der Waals surface area contributed by atoms with Crippen molar-refractivity contribution in [2.45, 2.75) is 6.92 Å². The Kier molecular flexibility index (Phi) is 5.04. The number of carbonyl (C=O) groups is 1. The lowest BCUT2D eigenvalue weighted by Gasteiger charge is -2.08. The first kappa shape index (κ1) is 17.0. The summed E-state index contributed by atoms with van der Waals surface area (Å²) >= 11 is 3.22. The highest BCUT2D eigenvalue weighted by Crippen LogP contribution is 2.29. The molecule has 0 saturated carbocycles. The monoisotopic (exact) mass is 401 g/mol. The molecule has 25 heavy (non-hydrogen) atoms. The maximum Gasteiger partial charge on any atom is 0.258 e. The van der Waals surface area contributed by atoms with Gasteiger partial charge in [0.2, 0.25) is 5.88 Å². The first-order valence-corrected chi connectivity index (χ1v) is 8.13. The van der Waals surface area contributed by atoms with Gasteiger partial charge in [-0.2, -0.15) is 0 Å². The van der Waals surface area contributed by atoms with Gasteiger partial charge in [0.05, 0.1) is 10.0 Å². The summed E-state index contributed by atoms with van der Waals surface area (Å²) in [6.45, 7) is 1.92. The predicted molar refractivity (Wildman–Crippen MR) is 95.3 cm³/mol. The standard InChI is InChI=1S/C18H13BrFN3O2/c1-11-6-7-21-16(8-11)23-18(24)12-2-5-17(22-10-12)25-15-4-3-13(20)9-14(15)19/h2-10H,1H3,(H,21,23,24). The molecular weight excluding hydrogens is 389 g/mol. The van der Waals surface area contributed by atoms with E-state index >= 15 is 0 Å². The van der Waals surface area contributed by atoms with Crippen molar-refractivity contribution in [3.8, 4) is 11.6 Å². The number of ether oxygens (including phenoxy) is 1. The molecule has 2 aromatic heterocycles. The third kappa shape index (κ3) is 4.39. The van der Waals surface area contributed by atoms with Crippen molar-refractivity contribution in [2.24, 2.45) is 0 Å². The van der Waals surface area contributed by atoms with Crippen molar-refractivity contribution < 1.29 is 13.9 Å². The van der Waals surface area contributed by atoms with E-state index in [-0.39, 0.29) is 17.6 Å². The Morgan fingerprint density at radius 1 is 1.16 bits per heavy atom. The lowest BCUT2D eigenvalue weighted by atomic mass is 10.2. The summed E-state index contributed by atoms with van der Waals surface area (Å²) < 4.78 is 19.1. The molecule has 126 valence electrons. The Morgan fingerprint density at radius 2 is 2.00 bits per heavy atom. The minimum Gasteiger partial charge on any atom is -0.438 e. The van der Waals surface area contributed by atoms with Crippen LogP contribution in [0.25, 0.3) is 0 Å². The van der Waals surface area contributed by atoms with Crippen molar-refractivity contribution in [1.82, 2.24) is 9.97 Å². The summed E-state index contributed by atoms with van der Waals surface area (Å²) in [6.07, 6.45) is 3.03. The van der Waals surface area contributed by atoms with Crippen LogP contribution < -0.4 is 10.1 Å². The molecule has 0 saturated heterocycles. The van der Waals surface area contributed by atoms with E-state index in [1.165, 1.54) is 24.4 Å². The zero-order chi connectivity index (χ0) is 17.8. The molecule has 0 spiro atoms. The third-order valence-corrected chi connectivity index (χ3v) is 3.88. The minimum atomic E-state index is -0.371. The molecule has 1 amide bonds. The average Bonchev–Trinajstić information content (AvgIpc) is 2.58. The summed E-state index contributed by atoms with van der Waals surface area (Å²) in [5.74, 6) is 0.497. The van der Waals surface area contributed by atoms with Gasteiger partial charge in [-0.1, -0.05) is 0 Å². The number of amides is 1. The van der Waals surface area contributed by atoms with Gasteiger partial charge >= 0.3 is 0 Å². The lowest BCUT2D eigenvalue weighted by Crippen LogP contribution is -2.13. The fourth-order valence-electron chi connectivity index (χ4n) is 2.04. The van der Waals surface area contributed by atoms with Gasteiger partial charge in [-0.05, 0) is 64.8 Å². The van der Waals surface area contributed by atoms with Gasteiger partial charge in [-0.3, -0.25) is 4.79 Å². The van der Waals surface area contributed by atoms with Gasteiger partial charge in [0, 0.05) is 18.5 Å². The molecule has 2 heterocycles. The van der Waals surface area contributed by atoms with Crippen LogP contribution in [0.2, 0.25) is 0 Å². The SMILES string of the molecule is Cc1ccnc(NC(=O)c2ccc(Oc3ccc(F)cc3Br)nc2)c1. The van der Waals surface area contributed by atoms with Crippen molar-refractivity contribution in [2.75, 3.05) is 5.32 Å². The first-order valence-electron chi connectivity index (χ1n) is 7.34. The topological polar surface area (TPSA) is 64.1 Å². The van der Waals surface area contributed by atoms with E-state index in [1.54, 1.807) is 24.4 Å². The van der Waals surface area contributed by atoms with Crippen LogP contribution in [0.5, 0.6) is 11.6 Å². The van der Waals surface area contributed by atoms with Gasteiger partial charge in [-0.15, -0.1) is 0 Å². The van der Waals surface area contributed by atoms with E-state index in [2.05, 4.69) is 31.2 Å². The van der Waals surface area contributed by atoms with E-state index in [0.29, 0.717) is 21.6 Å². The molecule has 0 radical (unpaired) electrons. The Balaban J connectivity index is 1.70. The second kappa shape index (κ2) is 7.40. The molecule has 5 nitrogen and oxygen atoms in total. The summed E-state index contributed by atoms with van der Waals surface area (Å²) in [6, 6.07) is 10.8. The minimum absolute atomic E-state index is 0.289. The number of carbonyl (C=O) groups excluding carboxylic acids is 1. The van der Waals surface area contributed by atoms with Crippen LogP contribution in [0.4, 0.5) is 10.2 Å². The molecule has 3 rings (SSSR count). The van der Waals surface area contributed by atoms with E-state index in [4.69, 9.17) is 4.74 Å². The number of benzene rings is 1. The van der Waals surface area contributed by atoms with Crippen molar-refractivity contribution >= 4 is 27.7 Å². The van der Waals surface area contributed by atoms with Crippen molar-refractivity contribution in [3.05, 3.63) is 76.3 Å². The number of aryl methyl sites for hydroxylation is 1. The Hall–Kier alpha value is -2.80. The number of anilines is 1. The van der Waals surface area contributed by atoms with Gasteiger partial charge in [0.1, 0.15) is 17.4 Å². The summed E-state index contributed by atoms with van der Waals surface area (Å²) in [7, 11) is 0. The highest BCUT2D eigenvalue weighted by molar-refractivity contribution is 9.10. The van der Waals surface area contributed by atoms with Crippen LogP contribution in [-0.2, 0) is 0 Å². The molecular formula is C18H13BrFN3O2. The Bertz CT molecular complexity index is 916. The number of nitrogens with one attached hydrogen (secondary N) is 1. The Labute approximate surface area is 152 Å². The van der Waals surface area contributed by atoms with E-state index in [1.807, 2.05) is 13.0 Å². The fraction of sp³-hybridized carbons (Fsp3) is 0.0556. The molecule has 7 heteroatoms. The van der Waals surface area contributed by atoms with Gasteiger partial charge in [-0.25, -0.2) is 14.4 Å². The molecule has 0 aliphatic heterocycles. The molecule has 0 aliphatic rings. The fourth-order valence-corrected chi connectivity index (χ4v) is 2.47. The number of pyridine rings is 2. The van der Waals surface area contributed by atoms with Gasteiger partial charge in [0.25, 0.3) is 5.91 Å². The molecule has 3 aromatic rings. The molecule has 0 fully saturated rings. The van der Waals surface area contributed by atoms with E-state index in [9.17, 15) is 9.18 Å². The number of rotatable bonds is 4. The maximum absolute atomic E-state index is 13.1. The molecule has 1 N–H and O–H groups in total. The normalized spacial score (nSPS) is 10.4. The second-order valence-electron chi connectivity index (χ2n) is 5.23. The van der Waals surface area contributed by atoms with Crippen LogP contribution in [0.1, 0.15) is 15.9 Å². The molecule has 0 atom stereocenters. The quantitative estimate of drug-likeness (QED) is 0.685. The molecule has 1 aromatic carbocycles. The smallest absolute Gasteiger partial charge is 0.258 e. The summed E-state index contributed by atoms with van der Waals surface area (Å²) in [4.78, 5) is 20.4. The van der Waals surface area contributed by atoms with Gasteiger partial charge < -0.3 is 10.1 Å². The average molecular weight is 402 g/mol. The van der Waals surface area contributed by atoms with Crippen molar-refractivity contribution in [1.29, 1.82) is 0 Å². The van der Waals surface area contributed by atoms with Crippen LogP contribution in [0.15, 0.2) is 59.3 Å². The number of hydrogen-bond donors (Lipinski definition) is 1. The highest BCUT2D eigenvalue weighted by atomic mass is 79.9. The first-order chi connectivity index (χ1) is 12.0. The van der Waals surface area contributed by atoms with E-state index in [0.717, 1.165) is 5.56 Å². The zero-order valence-electron chi connectivity index (χ0n) is 13.2. The number of aromatic nitrogens is 2. The van der Waals surface area contributed by atoms with Crippen molar-refractivity contribution in [3.63, 3.8) is 0 Å². The van der Waals surface area contributed by atoms with Crippen LogP contribution >= 0.6 is 15.9 Å². The van der Waals surface area contributed by atoms with Gasteiger partial charge in [0.15, 0.2) is 0 Å². The maximum atomic E-state index is 13.1. The molecule has 0 bridgehead atoms. The summed E-state index contributed by atoms with van der Waals surface area (Å²) in [5.41, 5.74) is 1.37. The number of halogens is 2. The lowest BCUT2D eigenvalue weighted by molar-refractivity contribution is 0.102. The molecule has 0 aliphatic carbocycles. The zero-order valence-corrected chi connectivity index (χ0v) is 14.7. The Morgan fingerprint density at radius 3 is 2.68 bits per heavy atom. The van der Waals surface area contributed by atoms with Crippen LogP contribution in [0, 0.1) is 12.7 Å². The van der Waals surface area contributed by atoms with Crippen LogP contribution in [0.3, 0.4) is 0 Å². The van der Waals surface area contributed by atoms with E-state index < -0.39 is 0 Å². The largest absolute Gasteiger partial charge is 0.438 e. The second-order valence-corrected chi connectivity index (χ2v) is 6.09. The number of nitrogens with zero attached hydrogens (tertiary/aromatic N) is 2. The predicted octanol–water partition coefficient (Wildman–Crippen LogP) is 4.73. The van der Waals surface area contributed by atoms with Crippen LogP contribution in [-0.4, -0.2) is 15.9 Å². The third-order valence-electron chi connectivity index (χ3n) is 3.26. The molecule has 0 unspecified atom stereocenters.